The number of oxime groups is 1. The third kappa shape index (κ3) is 4.75. The zero-order valence-electron chi connectivity index (χ0n) is 12.8. The lowest BCUT2D eigenvalue weighted by atomic mass is 10.1. The number of nitrogens with zero attached hydrogens (tertiary/aromatic N) is 2. The van der Waals surface area contributed by atoms with Gasteiger partial charge in [-0.1, -0.05) is 29.4 Å². The van der Waals surface area contributed by atoms with Crippen molar-refractivity contribution in [1.29, 1.82) is 0 Å². The van der Waals surface area contributed by atoms with Gasteiger partial charge in [-0.25, -0.2) is 0 Å². The number of likely N-dealkylation sites (N-methyl/N-ethyl adjacent to an activating group) is 1. The summed E-state index contributed by atoms with van der Waals surface area (Å²) in [5.74, 6) is 0.188. The van der Waals surface area contributed by atoms with Crippen LogP contribution in [-0.4, -0.2) is 41.0 Å². The molecule has 6 nitrogen and oxygen atoms in total. The third-order valence-electron chi connectivity index (χ3n) is 3.42. The second-order valence-corrected chi connectivity index (χ2v) is 4.80. The van der Waals surface area contributed by atoms with Gasteiger partial charge in [0.25, 0.3) is 0 Å². The molecule has 0 radical (unpaired) electrons. The van der Waals surface area contributed by atoms with Crippen molar-refractivity contribution < 1.29 is 10.0 Å². The normalized spacial score (nSPS) is 13.0. The molecule has 6 heteroatoms. The van der Waals surface area contributed by atoms with Gasteiger partial charge < -0.3 is 21.2 Å². The van der Waals surface area contributed by atoms with E-state index in [-0.39, 0.29) is 17.8 Å². The number of benzene rings is 1. The summed E-state index contributed by atoms with van der Waals surface area (Å²) in [5.41, 5.74) is 7.20. The number of nitrogens with one attached hydrogen (secondary N) is 1. The number of carbonyl (C=O) groups excluding carboxylic acids is 1. The molecule has 0 fully saturated rings. The second-order valence-electron chi connectivity index (χ2n) is 4.80. The number of nitrogens with two attached hydrogens (primary N) is 1. The Morgan fingerprint density at radius 3 is 2.38 bits per heavy atom. The highest BCUT2D eigenvalue weighted by Crippen LogP contribution is 2.05. The van der Waals surface area contributed by atoms with Crippen molar-refractivity contribution in [3.63, 3.8) is 0 Å². The Morgan fingerprint density at radius 2 is 1.90 bits per heavy atom. The van der Waals surface area contributed by atoms with Gasteiger partial charge in [0, 0.05) is 25.2 Å². The molecule has 0 aliphatic heterocycles. The predicted octanol–water partition coefficient (Wildman–Crippen LogP) is 1.13. The molecule has 1 aromatic carbocycles. The van der Waals surface area contributed by atoms with Crippen molar-refractivity contribution in [3.8, 4) is 0 Å². The Bertz CT molecular complexity index is 481. The van der Waals surface area contributed by atoms with Crippen LogP contribution in [0.15, 0.2) is 29.4 Å². The molecule has 1 aromatic rings. The molecule has 0 heterocycles. The molecule has 1 rings (SSSR count). The average Bonchev–Trinajstić information content (AvgIpc) is 2.53. The maximum Gasteiger partial charge on any atom is 0.239 e. The topological polar surface area (TPSA) is 91.0 Å². The molecule has 1 unspecified atom stereocenters. The monoisotopic (exact) mass is 292 g/mol. The Balaban J connectivity index is 2.57. The van der Waals surface area contributed by atoms with Gasteiger partial charge in [-0.15, -0.1) is 0 Å². The molecule has 21 heavy (non-hydrogen) atoms. The van der Waals surface area contributed by atoms with E-state index >= 15 is 0 Å². The molecule has 1 amide bonds. The van der Waals surface area contributed by atoms with E-state index in [0.717, 1.165) is 18.7 Å². The summed E-state index contributed by atoms with van der Waals surface area (Å²) < 4.78 is 0. The number of rotatable bonds is 7. The van der Waals surface area contributed by atoms with Gasteiger partial charge in [0.2, 0.25) is 5.91 Å². The fourth-order valence-electron chi connectivity index (χ4n) is 2.02. The number of carbonyl (C=O) groups is 1. The standard InChI is InChI=1S/C15H24N4O2/c1-4-19(5-2)15(20)11(3)17-10-12-6-8-13(9-7-12)14(16)18-21/h6-9,11,17,21H,4-5,10H2,1-3H3,(H2,16,18). The van der Waals surface area contributed by atoms with Gasteiger partial charge >= 0.3 is 0 Å². The minimum absolute atomic E-state index is 0.0830. The fraction of sp³-hybridized carbons (Fsp3) is 0.467. The smallest absolute Gasteiger partial charge is 0.239 e. The predicted molar refractivity (Wildman–Crippen MR) is 83.2 cm³/mol. The van der Waals surface area contributed by atoms with Crippen LogP contribution in [0, 0.1) is 0 Å². The number of amidine groups is 1. The quantitative estimate of drug-likeness (QED) is 0.304. The van der Waals surface area contributed by atoms with E-state index < -0.39 is 0 Å². The molecule has 0 aromatic heterocycles. The molecule has 4 N–H and O–H groups in total. The van der Waals surface area contributed by atoms with Crippen molar-refractivity contribution in [3.05, 3.63) is 35.4 Å². The van der Waals surface area contributed by atoms with E-state index in [9.17, 15) is 4.79 Å². The number of hydrogen-bond donors (Lipinski definition) is 3. The summed E-state index contributed by atoms with van der Waals surface area (Å²) in [6.45, 7) is 7.83. The summed E-state index contributed by atoms with van der Waals surface area (Å²) in [6.07, 6.45) is 0. The van der Waals surface area contributed by atoms with Crippen LogP contribution in [0.3, 0.4) is 0 Å². The highest BCUT2D eigenvalue weighted by molar-refractivity contribution is 5.96. The summed E-state index contributed by atoms with van der Waals surface area (Å²) in [5, 5.41) is 14.8. The van der Waals surface area contributed by atoms with Gasteiger partial charge in [-0.05, 0) is 26.3 Å². The van der Waals surface area contributed by atoms with Crippen LogP contribution in [-0.2, 0) is 11.3 Å². The number of amides is 1. The highest BCUT2D eigenvalue weighted by Gasteiger charge is 2.17. The molecule has 0 aliphatic rings. The van der Waals surface area contributed by atoms with E-state index in [2.05, 4.69) is 10.5 Å². The first-order chi connectivity index (χ1) is 10.0. The first kappa shape index (κ1) is 17.0. The molecule has 0 saturated carbocycles. The van der Waals surface area contributed by atoms with Crippen LogP contribution in [0.4, 0.5) is 0 Å². The summed E-state index contributed by atoms with van der Waals surface area (Å²) in [7, 11) is 0. The van der Waals surface area contributed by atoms with Crippen LogP contribution in [0.2, 0.25) is 0 Å². The van der Waals surface area contributed by atoms with E-state index in [0.29, 0.717) is 12.1 Å². The van der Waals surface area contributed by atoms with Gasteiger partial charge in [-0.2, -0.15) is 0 Å². The molecule has 0 spiro atoms. The highest BCUT2D eigenvalue weighted by atomic mass is 16.4. The van der Waals surface area contributed by atoms with Crippen molar-refractivity contribution >= 4 is 11.7 Å². The lowest BCUT2D eigenvalue weighted by Gasteiger charge is -2.23. The molecule has 1 atom stereocenters. The third-order valence-corrected chi connectivity index (χ3v) is 3.42. The maximum absolute atomic E-state index is 12.1. The molecule has 0 saturated heterocycles. The van der Waals surface area contributed by atoms with E-state index in [1.165, 1.54) is 0 Å². The molecule has 0 bridgehead atoms. The first-order valence-corrected chi connectivity index (χ1v) is 7.12. The van der Waals surface area contributed by atoms with Gasteiger partial charge in [-0.3, -0.25) is 4.79 Å². The molecular formula is C15H24N4O2. The minimum Gasteiger partial charge on any atom is -0.409 e. The van der Waals surface area contributed by atoms with Crippen LogP contribution >= 0.6 is 0 Å². The second kappa shape index (κ2) is 8.26. The molecule has 0 aliphatic carbocycles. The van der Waals surface area contributed by atoms with Gasteiger partial charge in [0.1, 0.15) is 0 Å². The zero-order chi connectivity index (χ0) is 15.8. The van der Waals surface area contributed by atoms with E-state index in [1.54, 1.807) is 17.0 Å². The van der Waals surface area contributed by atoms with Crippen molar-refractivity contribution in [2.75, 3.05) is 13.1 Å². The largest absolute Gasteiger partial charge is 0.409 e. The van der Waals surface area contributed by atoms with Crippen LogP contribution in [0.1, 0.15) is 31.9 Å². The Hall–Kier alpha value is -2.08. The lowest BCUT2D eigenvalue weighted by molar-refractivity contribution is -0.132. The number of hydrogen-bond acceptors (Lipinski definition) is 4. The first-order valence-electron chi connectivity index (χ1n) is 7.12. The van der Waals surface area contributed by atoms with Crippen LogP contribution in [0.25, 0.3) is 0 Å². The average molecular weight is 292 g/mol. The van der Waals surface area contributed by atoms with Crippen molar-refractivity contribution in [2.24, 2.45) is 10.9 Å². The van der Waals surface area contributed by atoms with Crippen molar-refractivity contribution in [2.45, 2.75) is 33.4 Å². The fourth-order valence-corrected chi connectivity index (χ4v) is 2.02. The van der Waals surface area contributed by atoms with Gasteiger partial charge in [0.15, 0.2) is 5.84 Å². The molecule has 116 valence electrons. The summed E-state index contributed by atoms with van der Waals surface area (Å²) in [6, 6.07) is 7.10. The Morgan fingerprint density at radius 1 is 1.33 bits per heavy atom. The summed E-state index contributed by atoms with van der Waals surface area (Å²) >= 11 is 0. The Kier molecular flexibility index (Phi) is 6.68. The van der Waals surface area contributed by atoms with E-state index in [1.807, 2.05) is 32.9 Å². The van der Waals surface area contributed by atoms with Gasteiger partial charge in [0.05, 0.1) is 6.04 Å². The SMILES string of the molecule is CCN(CC)C(=O)C(C)NCc1ccc(/C(N)=N/O)cc1. The maximum atomic E-state index is 12.1. The van der Waals surface area contributed by atoms with Crippen LogP contribution < -0.4 is 11.1 Å². The van der Waals surface area contributed by atoms with Crippen LogP contribution in [0.5, 0.6) is 0 Å². The minimum atomic E-state index is -0.228. The Labute approximate surface area is 125 Å². The lowest BCUT2D eigenvalue weighted by Crippen LogP contribution is -2.44. The zero-order valence-corrected chi connectivity index (χ0v) is 12.8. The van der Waals surface area contributed by atoms with Crippen molar-refractivity contribution in [1.82, 2.24) is 10.2 Å². The van der Waals surface area contributed by atoms with E-state index in [4.69, 9.17) is 10.9 Å². The molecular weight excluding hydrogens is 268 g/mol. The summed E-state index contributed by atoms with van der Waals surface area (Å²) in [4.78, 5) is 13.9.